The molecule has 1 unspecified atom stereocenters. The summed E-state index contributed by atoms with van der Waals surface area (Å²) in [6, 6.07) is 43.4. The Morgan fingerprint density at radius 3 is 1.11 bits per heavy atom. The number of sulfonamides is 2. The Bertz CT molecular complexity index is 5580. The Kier molecular flexibility index (Phi) is 32.2. The molecule has 8 aromatic carbocycles. The lowest BCUT2D eigenvalue weighted by Crippen LogP contribution is -2.21. The van der Waals surface area contributed by atoms with Crippen LogP contribution in [-0.4, -0.2) is 89.2 Å². The van der Waals surface area contributed by atoms with Crippen molar-refractivity contribution < 1.29 is 140 Å². The lowest BCUT2D eigenvalue weighted by atomic mass is 10.2. The van der Waals surface area contributed by atoms with E-state index in [1.807, 2.05) is 30.3 Å². The topological polar surface area (TPSA) is 321 Å². The van der Waals surface area contributed by atoms with Gasteiger partial charge in [-0.2, -0.15) is 3.74 Å². The van der Waals surface area contributed by atoms with E-state index in [2.05, 4.69) is 63.7 Å². The van der Waals surface area contributed by atoms with E-state index in [1.165, 1.54) is 57.4 Å². The molecule has 0 aliphatic heterocycles. The number of benzene rings is 8. The number of pyridine rings is 3. The van der Waals surface area contributed by atoms with E-state index < -0.39 is 131 Å². The second kappa shape index (κ2) is 39.0. The molecule has 11 aromatic rings. The van der Waals surface area contributed by atoms with E-state index in [0.29, 0.717) is 33.2 Å². The summed E-state index contributed by atoms with van der Waals surface area (Å²) in [7, 11) is -6.79. The number of ether oxygens (including phenoxy) is 5. The summed E-state index contributed by atoms with van der Waals surface area (Å²) in [5.74, 6) is -3.91. The van der Waals surface area contributed by atoms with Crippen molar-refractivity contribution in [3.8, 4) is 28.7 Å². The second-order valence-electron chi connectivity index (χ2n) is 21.6. The smallest absolute Gasteiger partial charge is 0.573 e. The summed E-state index contributed by atoms with van der Waals surface area (Å²) in [5.41, 5.74) is 10.4. The minimum atomic E-state index is -5.01. The van der Waals surface area contributed by atoms with Gasteiger partial charge in [-0.25, -0.2) is 42.3 Å². The molecule has 0 saturated heterocycles. The quantitative estimate of drug-likeness (QED) is 0.0517. The van der Waals surface area contributed by atoms with Crippen molar-refractivity contribution in [2.75, 3.05) is 15.2 Å². The lowest BCUT2D eigenvalue weighted by molar-refractivity contribution is -0.276. The maximum absolute atomic E-state index is 12.6. The van der Waals surface area contributed by atoms with E-state index in [9.17, 15) is 104 Å². The van der Waals surface area contributed by atoms with Gasteiger partial charge in [0.2, 0.25) is 0 Å². The highest BCUT2D eigenvalue weighted by Gasteiger charge is 2.37. The number of aryl methyl sites for hydroxylation is 4. The number of aromatic nitrogens is 3. The van der Waals surface area contributed by atoms with Crippen molar-refractivity contribution in [2.24, 2.45) is 0 Å². The third-order valence-electron chi connectivity index (χ3n) is 12.9. The van der Waals surface area contributed by atoms with Crippen LogP contribution in [-0.2, 0) is 53.2 Å². The summed E-state index contributed by atoms with van der Waals surface area (Å²) in [5, 5.41) is 2.50. The van der Waals surface area contributed by atoms with Gasteiger partial charge in [0.25, 0.3) is 38.1 Å². The predicted octanol–water partition coefficient (Wildman–Crippen LogP) is 18.6. The third kappa shape index (κ3) is 32.8. The van der Waals surface area contributed by atoms with Crippen LogP contribution in [0.25, 0.3) is 32.7 Å². The van der Waals surface area contributed by atoms with E-state index >= 15 is 0 Å². The number of hydrogen-bond donors (Lipinski definition) is 3. The molecule has 3 heterocycles. The number of rotatable bonds is 14. The number of fused-ring (bicyclic) bond motifs is 3. The average Bonchev–Trinajstić information content (AvgIpc) is 0.799. The summed E-state index contributed by atoms with van der Waals surface area (Å²) in [4.78, 5) is 10.4. The van der Waals surface area contributed by atoms with E-state index in [-0.39, 0.29) is 27.4 Å². The van der Waals surface area contributed by atoms with Crippen molar-refractivity contribution in [1.29, 1.82) is 0 Å². The highest BCUT2D eigenvalue weighted by atomic mass is 35.7. The fraction of sp³-hybridized carbons (Fsp3) is 0.136. The number of nitrogens with two attached hydrogens (primary N) is 1. The van der Waals surface area contributed by atoms with Crippen molar-refractivity contribution in [3.63, 3.8) is 0 Å². The fourth-order valence-corrected chi connectivity index (χ4v) is 13.3. The van der Waals surface area contributed by atoms with Gasteiger partial charge >= 0.3 is 31.8 Å². The molecular weight excluding hydrogens is 1700 g/mol. The van der Waals surface area contributed by atoms with Gasteiger partial charge in [0.1, 0.15) is 55.7 Å². The average molecular weight is 1750 g/mol. The molecule has 11 rings (SSSR count). The van der Waals surface area contributed by atoms with Crippen LogP contribution in [0.1, 0.15) is 22.3 Å². The number of nitrogens with one attached hydrogen (secondary N) is 2. The van der Waals surface area contributed by atoms with Crippen molar-refractivity contribution in [3.05, 3.63) is 235 Å². The first kappa shape index (κ1) is 92.6. The van der Waals surface area contributed by atoms with Crippen LogP contribution >= 0.6 is 33.2 Å². The van der Waals surface area contributed by atoms with Crippen LogP contribution in [0.5, 0.6) is 28.7 Å². The van der Waals surface area contributed by atoms with Crippen LogP contribution in [0.4, 0.5) is 87.3 Å². The molecule has 46 heteroatoms. The SMILES string of the molecule is Cc1ccc(OC(F)(F)F)c(S(=O)(=O)Cl)c1.Cc1ccc(OC(F)(F)F)c(S(=O)(=O)Nc2cnc3ccccc3c2)c1.Cc1ccc(OC(F)(F)F)cc1S(=O)(=O)Cl.Cc1ccc(OC(F)(F)F)cc1S(=O)(=O)Nc1cnc2ccccc2c1.Fc1ccc(OC(F)(F)F)cc1.Nc1cnc2ccccc2c1.O=S([O-])OCl. The van der Waals surface area contributed by atoms with Gasteiger partial charge in [-0.3, -0.25) is 24.4 Å². The minimum Gasteiger partial charge on any atom is -0.749 e. The largest absolute Gasteiger partial charge is 0.749 e. The Hall–Kier alpha value is -9.99. The molecule has 112 heavy (non-hydrogen) atoms. The number of nitrogen functional groups attached to an aromatic ring is 1. The Morgan fingerprint density at radius 1 is 0.402 bits per heavy atom. The summed E-state index contributed by atoms with van der Waals surface area (Å²) < 4.78 is 331. The minimum absolute atomic E-state index is 0.128. The summed E-state index contributed by atoms with van der Waals surface area (Å²) in [6.07, 6.45) is -20.2. The number of nitrogens with zero attached hydrogens (tertiary/aromatic N) is 3. The van der Waals surface area contributed by atoms with Crippen LogP contribution in [0.2, 0.25) is 0 Å². The molecular formula is C66H50Cl3F16N6O16S5-. The number of para-hydroxylation sites is 3. The predicted molar refractivity (Wildman–Crippen MR) is 378 cm³/mol. The number of hydrogen-bond acceptors (Lipinski definition) is 20. The van der Waals surface area contributed by atoms with Gasteiger partial charge in [-0.05, 0) is 147 Å². The summed E-state index contributed by atoms with van der Waals surface area (Å²) >= 11 is 1.67. The molecule has 0 spiro atoms. The molecule has 0 radical (unpaired) electrons. The van der Waals surface area contributed by atoms with Crippen molar-refractivity contribution >= 4 is 133 Å². The van der Waals surface area contributed by atoms with Gasteiger partial charge in [0.15, 0.2) is 0 Å². The Labute approximate surface area is 641 Å². The normalized spacial score (nSPS) is 12.1. The molecule has 604 valence electrons. The van der Waals surface area contributed by atoms with Crippen LogP contribution in [0, 0.1) is 33.5 Å². The lowest BCUT2D eigenvalue weighted by Gasteiger charge is -2.15. The number of alkyl halides is 15. The molecule has 0 saturated carbocycles. The van der Waals surface area contributed by atoms with Crippen LogP contribution < -0.4 is 38.9 Å². The van der Waals surface area contributed by atoms with Crippen LogP contribution in [0.3, 0.4) is 0 Å². The van der Waals surface area contributed by atoms with Crippen LogP contribution in [0.15, 0.2) is 226 Å². The van der Waals surface area contributed by atoms with E-state index in [0.717, 1.165) is 89.1 Å². The van der Waals surface area contributed by atoms with Crippen molar-refractivity contribution in [2.45, 2.75) is 79.1 Å². The first-order valence-corrected chi connectivity index (χ1v) is 38.6. The molecule has 0 fully saturated rings. The van der Waals surface area contributed by atoms with E-state index in [4.69, 9.17) is 35.9 Å². The first-order valence-electron chi connectivity index (χ1n) is 29.7. The Balaban J connectivity index is 0.000000244. The zero-order valence-electron chi connectivity index (χ0n) is 56.3. The highest BCUT2D eigenvalue weighted by molar-refractivity contribution is 8.14. The maximum atomic E-state index is 12.6. The molecule has 3 aromatic heterocycles. The van der Waals surface area contributed by atoms with Gasteiger partial charge in [0, 0.05) is 49.7 Å². The highest BCUT2D eigenvalue weighted by Crippen LogP contribution is 2.36. The first-order chi connectivity index (χ1) is 51.6. The zero-order valence-corrected chi connectivity index (χ0v) is 62.7. The fourth-order valence-electron chi connectivity index (χ4n) is 8.55. The van der Waals surface area contributed by atoms with Gasteiger partial charge < -0.3 is 34.0 Å². The van der Waals surface area contributed by atoms with Crippen molar-refractivity contribution in [1.82, 2.24) is 15.0 Å². The number of anilines is 3. The summed E-state index contributed by atoms with van der Waals surface area (Å²) in [6.45, 7) is 5.97. The molecule has 0 amide bonds. The molecule has 22 nitrogen and oxygen atoms in total. The molecule has 0 aliphatic carbocycles. The molecule has 4 N–H and O–H groups in total. The van der Waals surface area contributed by atoms with Gasteiger partial charge in [-0.15, -0.1) is 65.9 Å². The van der Waals surface area contributed by atoms with E-state index in [1.54, 1.807) is 73.8 Å². The molecule has 1 atom stereocenters. The Morgan fingerprint density at radius 2 is 0.723 bits per heavy atom. The second-order valence-corrected chi connectivity index (χ2v) is 30.9. The third-order valence-corrected chi connectivity index (χ3v) is 19.1. The monoisotopic (exact) mass is 1750 g/mol. The number of halogens is 19. The molecule has 0 bridgehead atoms. The zero-order chi connectivity index (χ0) is 84.2. The maximum Gasteiger partial charge on any atom is 0.573 e. The van der Waals surface area contributed by atoms with Gasteiger partial charge in [0.05, 0.1) is 73.9 Å². The van der Waals surface area contributed by atoms with Gasteiger partial charge in [-0.1, -0.05) is 78.9 Å². The standard InChI is InChI=1S/2C17H13F3N2O3S.C9H8N2.2C8H6ClF3O3S.C7H4F4O.ClHO3S/c1-11-6-7-14(25-17(18,19)20)9-16(11)26(23,24)22-13-8-12-4-2-3-5-15(12)21-10-13;1-11-6-7-15(25-17(18,19)20)16(8-11)26(23,24)22-13-9-12-4-2-3-5-14(12)21-10-13;10-8-5-7-3-1-2-4-9(7)11-6-8;1-5-2-3-6(15-8(10,11)12)4-7(5)16(9,13)14;1-5-2-3-6(15-8(10,11)12)7(4-5)16(9,13)14;8-5-1-3-6(4-2-5)12-7(9,10)11;1-4-5(2)3/h2*2-10,22H,1H3;1-6H,10H2;2*2-4H,1H3;1-4H;(H,2,3)/p-1. The molecule has 0 aliphatic rings.